The number of carbonyl (C=O) groups excluding carboxylic acids is 3. The summed E-state index contributed by atoms with van der Waals surface area (Å²) in [4.78, 5) is 37.6. The molecule has 1 aromatic carbocycles. The van der Waals surface area contributed by atoms with Gasteiger partial charge in [-0.15, -0.1) is 0 Å². The van der Waals surface area contributed by atoms with Crippen LogP contribution in [0.25, 0.3) is 6.08 Å². The standard InChI is InChI=1S/C18H22N2O4S/c1-11(2)9-19-16(21)10-20-17(22)15(25-18(20)23)8-13-5-6-14(24-4)12(3)7-13/h5-8,11H,9-10H2,1-4H3,(H,19,21)/b15-8-. The number of hydrogen-bond acceptors (Lipinski definition) is 5. The second kappa shape index (κ2) is 8.20. The van der Waals surface area contributed by atoms with Crippen LogP contribution in [0, 0.1) is 12.8 Å². The Bertz CT molecular complexity index is 728. The largest absolute Gasteiger partial charge is 0.496 e. The number of imide groups is 1. The van der Waals surface area contributed by atoms with Crippen molar-refractivity contribution in [1.82, 2.24) is 10.2 Å². The molecule has 0 saturated carbocycles. The molecule has 0 unspecified atom stereocenters. The van der Waals surface area contributed by atoms with Crippen LogP contribution in [-0.4, -0.2) is 42.2 Å². The van der Waals surface area contributed by atoms with Crippen LogP contribution in [0.1, 0.15) is 25.0 Å². The second-order valence-corrected chi connectivity index (χ2v) is 7.19. The molecule has 3 amide bonds. The van der Waals surface area contributed by atoms with Gasteiger partial charge >= 0.3 is 0 Å². The zero-order chi connectivity index (χ0) is 18.6. The summed E-state index contributed by atoms with van der Waals surface area (Å²) in [6.07, 6.45) is 1.66. The van der Waals surface area contributed by atoms with Crippen molar-refractivity contribution < 1.29 is 19.1 Å². The number of nitrogens with zero attached hydrogens (tertiary/aromatic N) is 1. The lowest BCUT2D eigenvalue weighted by Gasteiger charge is -2.13. The fourth-order valence-electron chi connectivity index (χ4n) is 2.30. The minimum Gasteiger partial charge on any atom is -0.496 e. The minimum atomic E-state index is -0.442. The number of nitrogens with one attached hydrogen (secondary N) is 1. The Morgan fingerprint density at radius 3 is 2.68 bits per heavy atom. The Morgan fingerprint density at radius 1 is 1.36 bits per heavy atom. The summed E-state index contributed by atoms with van der Waals surface area (Å²) in [7, 11) is 1.59. The number of benzene rings is 1. The fraction of sp³-hybridized carbons (Fsp3) is 0.389. The Balaban J connectivity index is 2.09. The van der Waals surface area contributed by atoms with Crippen LogP contribution in [0.5, 0.6) is 5.75 Å². The molecule has 1 aliphatic heterocycles. The molecule has 1 saturated heterocycles. The van der Waals surface area contributed by atoms with Gasteiger partial charge in [0.15, 0.2) is 0 Å². The average molecular weight is 362 g/mol. The van der Waals surface area contributed by atoms with E-state index in [2.05, 4.69) is 5.32 Å². The maximum absolute atomic E-state index is 12.4. The molecule has 1 aliphatic rings. The SMILES string of the molecule is COc1ccc(/C=C2\SC(=O)N(CC(=O)NCC(C)C)C2=O)cc1C. The van der Waals surface area contributed by atoms with Crippen LogP contribution in [0.15, 0.2) is 23.1 Å². The maximum atomic E-state index is 12.4. The lowest BCUT2D eigenvalue weighted by molar-refractivity contribution is -0.129. The molecule has 0 spiro atoms. The van der Waals surface area contributed by atoms with E-state index in [1.807, 2.05) is 39.0 Å². The van der Waals surface area contributed by atoms with E-state index >= 15 is 0 Å². The third kappa shape index (κ3) is 4.85. The highest BCUT2D eigenvalue weighted by Gasteiger charge is 2.36. The molecule has 0 aliphatic carbocycles. The number of aryl methyl sites for hydroxylation is 1. The molecular weight excluding hydrogens is 340 g/mol. The predicted octanol–water partition coefficient (Wildman–Crippen LogP) is 2.81. The fourth-order valence-corrected chi connectivity index (χ4v) is 3.13. The van der Waals surface area contributed by atoms with Crippen LogP contribution in [0.3, 0.4) is 0 Å². The Morgan fingerprint density at radius 2 is 2.08 bits per heavy atom. The molecule has 6 nitrogen and oxygen atoms in total. The van der Waals surface area contributed by atoms with Crippen LogP contribution in [0.2, 0.25) is 0 Å². The Labute approximate surface area is 151 Å². The van der Waals surface area contributed by atoms with Crippen molar-refractivity contribution in [3.8, 4) is 5.75 Å². The zero-order valence-electron chi connectivity index (χ0n) is 14.8. The van der Waals surface area contributed by atoms with Crippen molar-refractivity contribution in [2.75, 3.05) is 20.2 Å². The van der Waals surface area contributed by atoms with E-state index in [1.165, 1.54) is 0 Å². The number of ether oxygens (including phenoxy) is 1. The Kier molecular flexibility index (Phi) is 6.25. The van der Waals surface area contributed by atoms with Crippen LogP contribution in [0.4, 0.5) is 4.79 Å². The summed E-state index contributed by atoms with van der Waals surface area (Å²) in [5.41, 5.74) is 1.73. The van der Waals surface area contributed by atoms with Gasteiger partial charge in [0.2, 0.25) is 5.91 Å². The summed E-state index contributed by atoms with van der Waals surface area (Å²) in [6.45, 7) is 6.10. The van der Waals surface area contributed by atoms with Crippen molar-refractivity contribution in [3.63, 3.8) is 0 Å². The molecule has 1 fully saturated rings. The molecule has 0 atom stereocenters. The molecule has 0 aromatic heterocycles. The van der Waals surface area contributed by atoms with E-state index in [9.17, 15) is 14.4 Å². The van der Waals surface area contributed by atoms with E-state index in [1.54, 1.807) is 13.2 Å². The zero-order valence-corrected chi connectivity index (χ0v) is 15.6. The van der Waals surface area contributed by atoms with Crippen molar-refractivity contribution in [3.05, 3.63) is 34.2 Å². The number of rotatable bonds is 6. The molecule has 1 heterocycles. The monoisotopic (exact) mass is 362 g/mol. The summed E-state index contributed by atoms with van der Waals surface area (Å²) < 4.78 is 5.21. The predicted molar refractivity (Wildman–Crippen MR) is 98.3 cm³/mol. The molecule has 1 N–H and O–H groups in total. The van der Waals surface area contributed by atoms with Crippen LogP contribution in [-0.2, 0) is 9.59 Å². The quantitative estimate of drug-likeness (QED) is 0.788. The van der Waals surface area contributed by atoms with Gasteiger partial charge in [0.1, 0.15) is 12.3 Å². The van der Waals surface area contributed by atoms with Gasteiger partial charge in [0, 0.05) is 6.54 Å². The highest BCUT2D eigenvalue weighted by atomic mass is 32.2. The van der Waals surface area contributed by atoms with Gasteiger partial charge in [0.05, 0.1) is 12.0 Å². The first-order valence-corrected chi connectivity index (χ1v) is 8.80. The molecule has 7 heteroatoms. The molecule has 134 valence electrons. The van der Waals surface area contributed by atoms with E-state index in [-0.39, 0.29) is 12.5 Å². The topological polar surface area (TPSA) is 75.7 Å². The third-order valence-electron chi connectivity index (χ3n) is 3.60. The summed E-state index contributed by atoms with van der Waals surface area (Å²) in [6, 6.07) is 5.50. The average Bonchev–Trinajstić information content (AvgIpc) is 2.80. The van der Waals surface area contributed by atoms with Gasteiger partial charge in [-0.05, 0) is 53.9 Å². The molecule has 25 heavy (non-hydrogen) atoms. The first-order chi connectivity index (χ1) is 11.8. The van der Waals surface area contributed by atoms with Gasteiger partial charge in [-0.25, -0.2) is 0 Å². The normalized spacial score (nSPS) is 16.0. The summed E-state index contributed by atoms with van der Waals surface area (Å²) in [5.74, 6) is 0.282. The smallest absolute Gasteiger partial charge is 0.294 e. The number of thioether (sulfide) groups is 1. The van der Waals surface area contributed by atoms with Crippen LogP contribution < -0.4 is 10.1 Å². The van der Waals surface area contributed by atoms with Gasteiger partial charge in [-0.1, -0.05) is 19.9 Å². The van der Waals surface area contributed by atoms with Crippen LogP contribution >= 0.6 is 11.8 Å². The highest BCUT2D eigenvalue weighted by molar-refractivity contribution is 8.18. The number of amides is 3. The molecular formula is C18H22N2O4S. The molecule has 0 radical (unpaired) electrons. The van der Waals surface area contributed by atoms with Crippen molar-refractivity contribution in [2.45, 2.75) is 20.8 Å². The van der Waals surface area contributed by atoms with E-state index in [4.69, 9.17) is 4.74 Å². The van der Waals surface area contributed by atoms with Crippen molar-refractivity contribution >= 4 is 34.9 Å². The summed E-state index contributed by atoms with van der Waals surface area (Å²) >= 11 is 0.846. The van der Waals surface area contributed by atoms with E-state index < -0.39 is 11.1 Å². The highest BCUT2D eigenvalue weighted by Crippen LogP contribution is 2.32. The van der Waals surface area contributed by atoms with E-state index in [0.29, 0.717) is 17.4 Å². The van der Waals surface area contributed by atoms with Gasteiger partial charge in [-0.2, -0.15) is 0 Å². The van der Waals surface area contributed by atoms with Gasteiger partial charge < -0.3 is 10.1 Å². The lowest BCUT2D eigenvalue weighted by atomic mass is 10.1. The molecule has 1 aromatic rings. The Hall–Kier alpha value is -2.28. The first kappa shape index (κ1) is 19.1. The van der Waals surface area contributed by atoms with Crippen molar-refractivity contribution in [2.24, 2.45) is 5.92 Å². The first-order valence-electron chi connectivity index (χ1n) is 7.98. The number of hydrogen-bond donors (Lipinski definition) is 1. The second-order valence-electron chi connectivity index (χ2n) is 6.19. The van der Waals surface area contributed by atoms with E-state index in [0.717, 1.165) is 33.5 Å². The summed E-state index contributed by atoms with van der Waals surface area (Å²) in [5, 5.41) is 2.28. The van der Waals surface area contributed by atoms with Gasteiger partial charge in [-0.3, -0.25) is 19.3 Å². The van der Waals surface area contributed by atoms with Crippen molar-refractivity contribution in [1.29, 1.82) is 0 Å². The van der Waals surface area contributed by atoms with Gasteiger partial charge in [0.25, 0.3) is 11.1 Å². The third-order valence-corrected chi connectivity index (χ3v) is 4.51. The lowest BCUT2D eigenvalue weighted by Crippen LogP contribution is -2.40. The number of methoxy groups -OCH3 is 1. The number of carbonyl (C=O) groups is 3. The maximum Gasteiger partial charge on any atom is 0.294 e. The minimum absolute atomic E-state index is 0.254. The molecule has 0 bridgehead atoms. The molecule has 2 rings (SSSR count).